The standard InChI is InChI=1S/C16H16N4O4/c1-23-13(21)9-19-11-5-3-8-18-16(11)20(10-14(22)24-2)12-6-4-7-17-15(12)19/h3-8H,9-10H2,1-2H3. The molecule has 0 radical (unpaired) electrons. The zero-order valence-corrected chi connectivity index (χ0v) is 13.3. The molecule has 8 nitrogen and oxygen atoms in total. The smallest absolute Gasteiger partial charge is 0.325 e. The molecule has 0 bridgehead atoms. The molecule has 0 saturated carbocycles. The van der Waals surface area contributed by atoms with Crippen LogP contribution in [0.3, 0.4) is 0 Å². The summed E-state index contributed by atoms with van der Waals surface area (Å²) in [6.07, 6.45) is 3.25. The first-order chi connectivity index (χ1) is 11.7. The van der Waals surface area contributed by atoms with E-state index in [1.807, 2.05) is 12.1 Å². The molecule has 24 heavy (non-hydrogen) atoms. The second kappa shape index (κ2) is 6.53. The molecular formula is C16H16N4O4. The third-order valence-corrected chi connectivity index (χ3v) is 3.65. The van der Waals surface area contributed by atoms with E-state index in [1.54, 1.807) is 34.3 Å². The maximum Gasteiger partial charge on any atom is 0.325 e. The summed E-state index contributed by atoms with van der Waals surface area (Å²) in [7, 11) is 2.67. The van der Waals surface area contributed by atoms with Crippen LogP contribution < -0.4 is 9.80 Å². The Kier molecular flexibility index (Phi) is 4.28. The summed E-state index contributed by atoms with van der Waals surface area (Å²) >= 11 is 0. The van der Waals surface area contributed by atoms with E-state index in [2.05, 4.69) is 9.97 Å². The minimum atomic E-state index is -0.400. The Hall–Kier alpha value is -3.16. The average Bonchev–Trinajstić information content (AvgIpc) is 2.63. The van der Waals surface area contributed by atoms with E-state index in [-0.39, 0.29) is 13.1 Å². The molecule has 124 valence electrons. The van der Waals surface area contributed by atoms with Gasteiger partial charge in [0.05, 0.1) is 25.6 Å². The van der Waals surface area contributed by atoms with Crippen LogP contribution in [0.1, 0.15) is 0 Å². The van der Waals surface area contributed by atoms with Crippen molar-refractivity contribution >= 4 is 34.9 Å². The summed E-state index contributed by atoms with van der Waals surface area (Å²) in [6.45, 7) is -0.0173. The molecule has 0 spiro atoms. The van der Waals surface area contributed by atoms with Crippen molar-refractivity contribution in [2.75, 3.05) is 37.1 Å². The van der Waals surface area contributed by atoms with Gasteiger partial charge in [0.25, 0.3) is 0 Å². The summed E-state index contributed by atoms with van der Waals surface area (Å²) in [5.41, 5.74) is 1.33. The summed E-state index contributed by atoms with van der Waals surface area (Å²) in [6, 6.07) is 7.14. The van der Waals surface area contributed by atoms with E-state index in [0.29, 0.717) is 23.0 Å². The molecule has 0 atom stereocenters. The quantitative estimate of drug-likeness (QED) is 0.779. The van der Waals surface area contributed by atoms with Gasteiger partial charge < -0.3 is 19.3 Å². The Morgan fingerprint density at radius 1 is 0.875 bits per heavy atom. The Morgan fingerprint density at radius 2 is 1.29 bits per heavy atom. The number of carbonyl (C=O) groups is 2. The number of ether oxygens (including phenoxy) is 2. The number of aromatic nitrogens is 2. The number of rotatable bonds is 4. The molecular weight excluding hydrogens is 312 g/mol. The normalized spacial score (nSPS) is 12.2. The lowest BCUT2D eigenvalue weighted by atomic mass is 10.2. The van der Waals surface area contributed by atoms with Gasteiger partial charge in [-0.1, -0.05) is 0 Å². The second-order valence-corrected chi connectivity index (χ2v) is 5.02. The van der Waals surface area contributed by atoms with Crippen molar-refractivity contribution in [3.8, 4) is 0 Å². The number of fused-ring (bicyclic) bond motifs is 2. The Balaban J connectivity index is 2.12. The molecule has 2 aromatic heterocycles. The van der Waals surface area contributed by atoms with Gasteiger partial charge in [-0.05, 0) is 24.3 Å². The van der Waals surface area contributed by atoms with Gasteiger partial charge in [0.15, 0.2) is 11.6 Å². The number of nitrogens with zero attached hydrogens (tertiary/aromatic N) is 4. The molecule has 2 aromatic rings. The van der Waals surface area contributed by atoms with Crippen molar-refractivity contribution in [2.24, 2.45) is 0 Å². The van der Waals surface area contributed by atoms with Gasteiger partial charge in [0.1, 0.15) is 13.1 Å². The number of esters is 2. The Bertz CT molecular complexity index is 669. The zero-order chi connectivity index (χ0) is 17.1. The first-order valence-corrected chi connectivity index (χ1v) is 7.24. The Labute approximate surface area is 138 Å². The van der Waals surface area contributed by atoms with Crippen molar-refractivity contribution in [3.05, 3.63) is 36.7 Å². The van der Waals surface area contributed by atoms with Gasteiger partial charge in [-0.25, -0.2) is 9.97 Å². The van der Waals surface area contributed by atoms with Crippen LogP contribution in [0.4, 0.5) is 23.0 Å². The summed E-state index contributed by atoms with van der Waals surface area (Å²) in [5.74, 6) is 0.297. The predicted molar refractivity (Wildman–Crippen MR) is 86.5 cm³/mol. The third-order valence-electron chi connectivity index (χ3n) is 3.65. The second-order valence-electron chi connectivity index (χ2n) is 5.02. The average molecular weight is 328 g/mol. The van der Waals surface area contributed by atoms with E-state index in [4.69, 9.17) is 9.47 Å². The highest BCUT2D eigenvalue weighted by molar-refractivity contribution is 5.95. The fourth-order valence-corrected chi connectivity index (χ4v) is 2.55. The molecule has 0 unspecified atom stereocenters. The van der Waals surface area contributed by atoms with Crippen molar-refractivity contribution < 1.29 is 19.1 Å². The first-order valence-electron chi connectivity index (χ1n) is 7.24. The maximum atomic E-state index is 11.8. The number of anilines is 4. The number of methoxy groups -OCH3 is 2. The van der Waals surface area contributed by atoms with Gasteiger partial charge >= 0.3 is 11.9 Å². The van der Waals surface area contributed by atoms with E-state index >= 15 is 0 Å². The van der Waals surface area contributed by atoms with Crippen LogP contribution in [0.15, 0.2) is 36.7 Å². The largest absolute Gasteiger partial charge is 0.468 e. The summed E-state index contributed by atoms with van der Waals surface area (Å²) in [4.78, 5) is 35.8. The lowest BCUT2D eigenvalue weighted by Crippen LogP contribution is -2.37. The van der Waals surface area contributed by atoms with Gasteiger partial charge in [-0.15, -0.1) is 0 Å². The maximum absolute atomic E-state index is 11.8. The van der Waals surface area contributed by atoms with Crippen molar-refractivity contribution in [3.63, 3.8) is 0 Å². The highest BCUT2D eigenvalue weighted by Gasteiger charge is 2.32. The zero-order valence-electron chi connectivity index (χ0n) is 13.3. The summed E-state index contributed by atoms with van der Waals surface area (Å²) < 4.78 is 9.55. The molecule has 0 aliphatic carbocycles. The Morgan fingerprint density at radius 3 is 1.67 bits per heavy atom. The van der Waals surface area contributed by atoms with Gasteiger partial charge in [0, 0.05) is 12.4 Å². The van der Waals surface area contributed by atoms with Gasteiger partial charge in [-0.2, -0.15) is 0 Å². The highest BCUT2D eigenvalue weighted by Crippen LogP contribution is 2.45. The van der Waals surface area contributed by atoms with Crippen LogP contribution in [0, 0.1) is 0 Å². The number of pyridine rings is 2. The number of hydrogen-bond acceptors (Lipinski definition) is 8. The SMILES string of the molecule is COC(=O)CN1c2cccnc2N(CC(=O)OC)c2cccnc21. The molecule has 3 heterocycles. The molecule has 0 saturated heterocycles. The topological polar surface area (TPSA) is 84.9 Å². The molecule has 0 fully saturated rings. The van der Waals surface area contributed by atoms with E-state index in [0.717, 1.165) is 0 Å². The van der Waals surface area contributed by atoms with Crippen LogP contribution in [-0.4, -0.2) is 49.2 Å². The molecule has 3 rings (SSSR count). The minimum absolute atomic E-state index is 0.00866. The number of carbonyl (C=O) groups excluding carboxylic acids is 2. The molecule has 0 amide bonds. The predicted octanol–water partition coefficient (Wildman–Crippen LogP) is 1.41. The van der Waals surface area contributed by atoms with Crippen LogP contribution >= 0.6 is 0 Å². The molecule has 0 aromatic carbocycles. The van der Waals surface area contributed by atoms with E-state index in [9.17, 15) is 9.59 Å². The van der Waals surface area contributed by atoms with Gasteiger partial charge in [0.2, 0.25) is 0 Å². The fourth-order valence-electron chi connectivity index (χ4n) is 2.55. The van der Waals surface area contributed by atoms with Crippen molar-refractivity contribution in [1.82, 2.24) is 9.97 Å². The van der Waals surface area contributed by atoms with Crippen LogP contribution in [0.2, 0.25) is 0 Å². The highest BCUT2D eigenvalue weighted by atomic mass is 16.5. The molecule has 8 heteroatoms. The number of hydrogen-bond donors (Lipinski definition) is 0. The minimum Gasteiger partial charge on any atom is -0.468 e. The lowest BCUT2D eigenvalue weighted by Gasteiger charge is -2.37. The first kappa shape index (κ1) is 15.7. The van der Waals surface area contributed by atoms with Crippen molar-refractivity contribution in [1.29, 1.82) is 0 Å². The van der Waals surface area contributed by atoms with E-state index in [1.165, 1.54) is 14.2 Å². The fraction of sp³-hybridized carbons (Fsp3) is 0.250. The van der Waals surface area contributed by atoms with Crippen molar-refractivity contribution in [2.45, 2.75) is 0 Å². The third kappa shape index (κ3) is 2.73. The van der Waals surface area contributed by atoms with Crippen LogP contribution in [0.25, 0.3) is 0 Å². The molecule has 1 aliphatic heterocycles. The van der Waals surface area contributed by atoms with Crippen LogP contribution in [0.5, 0.6) is 0 Å². The monoisotopic (exact) mass is 328 g/mol. The van der Waals surface area contributed by atoms with Gasteiger partial charge in [-0.3, -0.25) is 9.59 Å². The lowest BCUT2D eigenvalue weighted by molar-refractivity contribution is -0.139. The molecule has 1 aliphatic rings. The van der Waals surface area contributed by atoms with Crippen LogP contribution in [-0.2, 0) is 19.1 Å². The van der Waals surface area contributed by atoms with E-state index < -0.39 is 11.9 Å². The summed E-state index contributed by atoms with van der Waals surface area (Å²) in [5, 5.41) is 0. The molecule has 0 N–H and O–H groups in total.